The molecule has 0 atom stereocenters. The summed E-state index contributed by atoms with van der Waals surface area (Å²) in [5.74, 6) is 0.780. The molecule has 1 heterocycles. The van der Waals surface area contributed by atoms with Gasteiger partial charge < -0.3 is 14.4 Å². The second-order valence-corrected chi connectivity index (χ2v) is 10.5. The Bertz CT molecular complexity index is 1620. The molecular weight excluding hydrogens is 533 g/mol. The van der Waals surface area contributed by atoms with Crippen LogP contribution in [0.5, 0.6) is 5.75 Å². The van der Waals surface area contributed by atoms with Crippen molar-refractivity contribution in [3.8, 4) is 28.1 Å². The van der Waals surface area contributed by atoms with Crippen LogP contribution < -0.4 is 4.74 Å². The highest BCUT2D eigenvalue weighted by atomic mass is 35.5. The number of benzene rings is 4. The molecule has 0 spiro atoms. The van der Waals surface area contributed by atoms with Crippen molar-refractivity contribution in [3.63, 3.8) is 0 Å². The van der Waals surface area contributed by atoms with Crippen molar-refractivity contribution in [2.45, 2.75) is 39.2 Å². The Labute approximate surface area is 236 Å². The Kier molecular flexibility index (Phi) is 7.92. The molecule has 1 aromatic heterocycles. The number of rotatable bonds is 9. The molecule has 0 aliphatic carbocycles. The molecule has 0 saturated heterocycles. The van der Waals surface area contributed by atoms with Gasteiger partial charge in [0.25, 0.3) is 0 Å². The first-order valence-corrected chi connectivity index (χ1v) is 13.5. The number of aryl methyl sites for hydroxylation is 1. The van der Waals surface area contributed by atoms with Gasteiger partial charge in [0.05, 0.1) is 15.6 Å². The fourth-order valence-corrected chi connectivity index (χ4v) is 5.18. The molecule has 0 unspecified atom stereocenters. The third-order valence-corrected chi connectivity index (χ3v) is 7.28. The van der Waals surface area contributed by atoms with Gasteiger partial charge in [-0.1, -0.05) is 90.7 Å². The van der Waals surface area contributed by atoms with Gasteiger partial charge in [0, 0.05) is 17.9 Å². The molecule has 0 aliphatic rings. The SMILES string of the molecule is CC(C)c1onc(-c2c(Cl)cccc2Cl)c1COc1ccc2cc(-c3ccc(CCC(=O)O)cc3)ccc2c1. The predicted molar refractivity (Wildman–Crippen MR) is 156 cm³/mol. The number of carboxylic acid groups (broad SMARTS) is 1. The first kappa shape index (κ1) is 26.8. The van der Waals surface area contributed by atoms with Crippen LogP contribution in [0.3, 0.4) is 0 Å². The van der Waals surface area contributed by atoms with Crippen molar-refractivity contribution < 1.29 is 19.2 Å². The van der Waals surface area contributed by atoms with E-state index in [9.17, 15) is 4.79 Å². The summed E-state index contributed by atoms with van der Waals surface area (Å²) < 4.78 is 11.9. The van der Waals surface area contributed by atoms with Crippen LogP contribution in [0.4, 0.5) is 0 Å². The third-order valence-electron chi connectivity index (χ3n) is 6.65. The number of hydrogen-bond acceptors (Lipinski definition) is 4. The maximum atomic E-state index is 10.8. The molecule has 5 nitrogen and oxygen atoms in total. The Morgan fingerprint density at radius 1 is 0.923 bits per heavy atom. The van der Waals surface area contributed by atoms with Gasteiger partial charge in [-0.25, -0.2) is 0 Å². The molecule has 4 aromatic carbocycles. The van der Waals surface area contributed by atoms with Crippen LogP contribution in [0, 0.1) is 0 Å². The van der Waals surface area contributed by atoms with Crippen LogP contribution in [-0.2, 0) is 17.8 Å². The van der Waals surface area contributed by atoms with Gasteiger partial charge in [0.15, 0.2) is 0 Å². The number of hydrogen-bond donors (Lipinski definition) is 1. The number of carboxylic acids is 1. The minimum absolute atomic E-state index is 0.104. The molecule has 0 bridgehead atoms. The van der Waals surface area contributed by atoms with E-state index in [1.54, 1.807) is 18.2 Å². The Morgan fingerprint density at radius 3 is 2.28 bits per heavy atom. The summed E-state index contributed by atoms with van der Waals surface area (Å²) in [6.45, 7) is 4.34. The topological polar surface area (TPSA) is 72.6 Å². The normalized spacial score (nSPS) is 11.3. The zero-order valence-corrected chi connectivity index (χ0v) is 23.1. The number of ether oxygens (including phenoxy) is 1. The summed E-state index contributed by atoms with van der Waals surface area (Å²) in [5, 5.41) is 16.4. The highest BCUT2D eigenvalue weighted by Crippen LogP contribution is 2.39. The number of fused-ring (bicyclic) bond motifs is 1. The molecule has 5 aromatic rings. The molecule has 0 saturated carbocycles. The molecule has 1 N–H and O–H groups in total. The van der Waals surface area contributed by atoms with Crippen molar-refractivity contribution in [2.24, 2.45) is 0 Å². The van der Waals surface area contributed by atoms with Crippen molar-refractivity contribution >= 4 is 39.9 Å². The van der Waals surface area contributed by atoms with Crippen molar-refractivity contribution in [2.75, 3.05) is 0 Å². The minimum atomic E-state index is -0.788. The second-order valence-electron chi connectivity index (χ2n) is 9.73. The number of aromatic nitrogens is 1. The van der Waals surface area contributed by atoms with Gasteiger partial charge in [-0.15, -0.1) is 0 Å². The highest BCUT2D eigenvalue weighted by molar-refractivity contribution is 6.39. The van der Waals surface area contributed by atoms with Gasteiger partial charge in [0.2, 0.25) is 0 Å². The van der Waals surface area contributed by atoms with Crippen molar-refractivity contribution in [1.29, 1.82) is 0 Å². The maximum Gasteiger partial charge on any atom is 0.303 e. The average Bonchev–Trinajstić information content (AvgIpc) is 3.34. The van der Waals surface area contributed by atoms with E-state index in [2.05, 4.69) is 23.4 Å². The molecule has 7 heteroatoms. The zero-order chi connectivity index (χ0) is 27.5. The molecule has 0 fully saturated rings. The summed E-state index contributed by atoms with van der Waals surface area (Å²) in [7, 11) is 0. The van der Waals surface area contributed by atoms with Crippen LogP contribution in [-0.4, -0.2) is 16.2 Å². The summed E-state index contributed by atoms with van der Waals surface area (Å²) in [6.07, 6.45) is 0.654. The minimum Gasteiger partial charge on any atom is -0.489 e. The van der Waals surface area contributed by atoms with E-state index in [1.165, 1.54) is 0 Å². The lowest BCUT2D eigenvalue weighted by molar-refractivity contribution is -0.136. The van der Waals surface area contributed by atoms with E-state index in [-0.39, 0.29) is 18.9 Å². The quantitative estimate of drug-likeness (QED) is 0.195. The molecule has 0 radical (unpaired) electrons. The highest BCUT2D eigenvalue weighted by Gasteiger charge is 2.23. The monoisotopic (exact) mass is 559 g/mol. The summed E-state index contributed by atoms with van der Waals surface area (Å²) in [4.78, 5) is 10.8. The van der Waals surface area contributed by atoms with Gasteiger partial charge in [-0.05, 0) is 64.2 Å². The van der Waals surface area contributed by atoms with Gasteiger partial charge >= 0.3 is 5.97 Å². The van der Waals surface area contributed by atoms with Crippen LogP contribution in [0.25, 0.3) is 33.2 Å². The summed E-state index contributed by atoms with van der Waals surface area (Å²) in [5.41, 5.74) is 5.23. The van der Waals surface area contributed by atoms with E-state index in [1.807, 2.05) is 56.3 Å². The standard InChI is InChI=1S/C32H27Cl2NO4/c1-19(2)32-26(31(35-39-32)30-27(33)4-3-5-28(30)34)18-38-25-14-13-23-16-22(11-12-24(23)17-25)21-9-6-20(7-10-21)8-15-29(36)37/h3-7,9-14,16-17,19H,8,15,18H2,1-2H3,(H,36,37). The van der Waals surface area contributed by atoms with E-state index >= 15 is 0 Å². The predicted octanol–water partition coefficient (Wildman–Crippen LogP) is 9.19. The number of nitrogens with zero attached hydrogens (tertiary/aromatic N) is 1. The lowest BCUT2D eigenvalue weighted by Gasteiger charge is -2.12. The average molecular weight is 560 g/mol. The number of halogens is 2. The van der Waals surface area contributed by atoms with Gasteiger partial charge in [-0.3, -0.25) is 4.79 Å². The van der Waals surface area contributed by atoms with E-state index in [4.69, 9.17) is 37.6 Å². The second kappa shape index (κ2) is 11.5. The van der Waals surface area contributed by atoms with Crippen molar-refractivity contribution in [3.05, 3.63) is 106 Å². The maximum absolute atomic E-state index is 10.8. The number of carbonyl (C=O) groups is 1. The third kappa shape index (κ3) is 5.95. The van der Waals surface area contributed by atoms with Crippen LogP contribution in [0.15, 0.2) is 83.4 Å². The van der Waals surface area contributed by atoms with E-state index in [0.717, 1.165) is 44.5 Å². The molecule has 39 heavy (non-hydrogen) atoms. The lowest BCUT2D eigenvalue weighted by Crippen LogP contribution is -2.01. The first-order chi connectivity index (χ1) is 18.8. The Morgan fingerprint density at radius 2 is 1.59 bits per heavy atom. The largest absolute Gasteiger partial charge is 0.489 e. The molecule has 198 valence electrons. The fourth-order valence-electron chi connectivity index (χ4n) is 4.60. The van der Waals surface area contributed by atoms with Gasteiger partial charge in [-0.2, -0.15) is 0 Å². The summed E-state index contributed by atoms with van der Waals surface area (Å²) >= 11 is 12.9. The fraction of sp³-hybridized carbons (Fsp3) is 0.188. The first-order valence-electron chi connectivity index (χ1n) is 12.7. The molecule has 5 rings (SSSR count). The Hall–Kier alpha value is -3.80. The molecular formula is C32H27Cl2NO4. The zero-order valence-electron chi connectivity index (χ0n) is 21.6. The Balaban J connectivity index is 1.37. The van der Waals surface area contributed by atoms with Gasteiger partial charge in [0.1, 0.15) is 23.8 Å². The van der Waals surface area contributed by atoms with E-state index < -0.39 is 5.97 Å². The summed E-state index contributed by atoms with van der Waals surface area (Å²) in [6, 6.07) is 25.7. The molecule has 0 aliphatic heterocycles. The number of aliphatic carboxylic acids is 1. The van der Waals surface area contributed by atoms with E-state index in [0.29, 0.717) is 27.7 Å². The van der Waals surface area contributed by atoms with Crippen LogP contribution in [0.2, 0.25) is 10.0 Å². The van der Waals surface area contributed by atoms with Crippen molar-refractivity contribution in [1.82, 2.24) is 5.16 Å². The lowest BCUT2D eigenvalue weighted by atomic mass is 9.99. The van der Waals surface area contributed by atoms with Crippen LogP contribution >= 0.6 is 23.2 Å². The molecule has 0 amide bonds. The smallest absolute Gasteiger partial charge is 0.303 e. The van der Waals surface area contributed by atoms with Crippen LogP contribution in [0.1, 0.15) is 43.1 Å².